The van der Waals surface area contributed by atoms with Crippen molar-refractivity contribution in [3.63, 3.8) is 0 Å². The molecule has 0 amide bonds. The van der Waals surface area contributed by atoms with Crippen molar-refractivity contribution < 1.29 is 0 Å². The first-order chi connectivity index (χ1) is 10.1. The van der Waals surface area contributed by atoms with Crippen LogP contribution in [0.25, 0.3) is 0 Å². The van der Waals surface area contributed by atoms with Gasteiger partial charge in [-0.1, -0.05) is 36.0 Å². The summed E-state index contributed by atoms with van der Waals surface area (Å²) in [5.74, 6) is 0. The highest BCUT2D eigenvalue weighted by Crippen LogP contribution is 2.50. The molecule has 0 bridgehead atoms. The Morgan fingerprint density at radius 1 is 1.24 bits per heavy atom. The van der Waals surface area contributed by atoms with E-state index in [9.17, 15) is 0 Å². The largest absolute Gasteiger partial charge is 0.106 e. The van der Waals surface area contributed by atoms with Crippen LogP contribution in [0.4, 0.5) is 0 Å². The van der Waals surface area contributed by atoms with Crippen LogP contribution in [0.15, 0.2) is 79.3 Å². The minimum Gasteiger partial charge on any atom is -0.106 e. The number of rotatable bonds is 2. The third kappa shape index (κ3) is 2.20. The molecule has 106 valence electrons. The van der Waals surface area contributed by atoms with Crippen molar-refractivity contribution in [3.8, 4) is 0 Å². The van der Waals surface area contributed by atoms with Crippen molar-refractivity contribution in [2.45, 2.75) is 31.9 Å². The van der Waals surface area contributed by atoms with E-state index in [0.717, 1.165) is 12.8 Å². The third-order valence-corrected chi connectivity index (χ3v) is 6.45. The van der Waals surface area contributed by atoms with Gasteiger partial charge in [-0.3, -0.25) is 0 Å². The van der Waals surface area contributed by atoms with Gasteiger partial charge in [0.15, 0.2) is 0 Å². The van der Waals surface area contributed by atoms with Crippen molar-refractivity contribution >= 4 is 27.7 Å². The standard InChI is InChI=1S/C19H17BrS/c1-11-7-15-12(2)16-10-19(20)21-18(16)9-17(15)14(11)8-13-5-3-4-6-13/h3-5,7,9-10,18H,6,8H2,1-2H3. The summed E-state index contributed by atoms with van der Waals surface area (Å²) in [6.45, 7) is 4.54. The molecule has 4 rings (SSSR count). The Bertz CT molecular complexity index is 750. The van der Waals surface area contributed by atoms with Gasteiger partial charge in [0.25, 0.3) is 0 Å². The lowest BCUT2D eigenvalue weighted by Gasteiger charge is -2.22. The molecular formula is C19H17BrS. The van der Waals surface area contributed by atoms with Crippen LogP contribution in [-0.2, 0) is 0 Å². The van der Waals surface area contributed by atoms with E-state index < -0.39 is 0 Å². The van der Waals surface area contributed by atoms with Crippen molar-refractivity contribution in [1.29, 1.82) is 0 Å². The molecule has 0 fully saturated rings. The molecule has 0 nitrogen and oxygen atoms in total. The summed E-state index contributed by atoms with van der Waals surface area (Å²) in [6.07, 6.45) is 16.1. The van der Waals surface area contributed by atoms with Crippen LogP contribution in [0.3, 0.4) is 0 Å². The average Bonchev–Trinajstić information content (AvgIpc) is 3.13. The normalized spacial score (nSPS) is 26.7. The molecule has 4 aliphatic rings. The topological polar surface area (TPSA) is 0 Å². The lowest BCUT2D eigenvalue weighted by atomic mass is 9.85. The molecule has 1 aliphatic heterocycles. The van der Waals surface area contributed by atoms with Crippen molar-refractivity contribution in [2.75, 3.05) is 0 Å². The van der Waals surface area contributed by atoms with Crippen LogP contribution < -0.4 is 0 Å². The molecule has 1 unspecified atom stereocenters. The van der Waals surface area contributed by atoms with E-state index in [0.29, 0.717) is 5.25 Å². The van der Waals surface area contributed by atoms with Gasteiger partial charge < -0.3 is 0 Å². The number of hydrogen-bond acceptors (Lipinski definition) is 1. The molecule has 0 saturated carbocycles. The van der Waals surface area contributed by atoms with Crippen LogP contribution >= 0.6 is 27.7 Å². The maximum Gasteiger partial charge on any atom is 0.0542 e. The van der Waals surface area contributed by atoms with Gasteiger partial charge in [0, 0.05) is 0 Å². The van der Waals surface area contributed by atoms with E-state index in [2.05, 4.69) is 66.2 Å². The molecule has 0 aromatic carbocycles. The first kappa shape index (κ1) is 13.7. The molecule has 2 heteroatoms. The van der Waals surface area contributed by atoms with Crippen LogP contribution in [0, 0.1) is 0 Å². The Hall–Kier alpha value is -0.990. The Balaban J connectivity index is 1.70. The molecule has 3 aliphatic carbocycles. The van der Waals surface area contributed by atoms with E-state index in [1.165, 1.54) is 42.8 Å². The van der Waals surface area contributed by atoms with Crippen LogP contribution in [0.2, 0.25) is 0 Å². The third-order valence-electron chi connectivity index (χ3n) is 4.67. The molecule has 1 atom stereocenters. The number of halogens is 1. The molecular weight excluding hydrogens is 340 g/mol. The van der Waals surface area contributed by atoms with E-state index in [1.54, 1.807) is 0 Å². The summed E-state index contributed by atoms with van der Waals surface area (Å²) in [6, 6.07) is 0. The molecule has 0 aromatic heterocycles. The number of fused-ring (bicyclic) bond motifs is 2. The van der Waals surface area contributed by atoms with E-state index in [4.69, 9.17) is 0 Å². The van der Waals surface area contributed by atoms with Gasteiger partial charge >= 0.3 is 0 Å². The highest BCUT2D eigenvalue weighted by atomic mass is 79.9. The van der Waals surface area contributed by atoms with Gasteiger partial charge in [0.2, 0.25) is 0 Å². The molecule has 1 heterocycles. The van der Waals surface area contributed by atoms with E-state index in [1.807, 2.05) is 11.8 Å². The predicted octanol–water partition coefficient (Wildman–Crippen LogP) is 6.13. The first-order valence-corrected chi connectivity index (χ1v) is 9.04. The van der Waals surface area contributed by atoms with Crippen molar-refractivity contribution in [1.82, 2.24) is 0 Å². The summed E-state index contributed by atoms with van der Waals surface area (Å²) >= 11 is 5.56. The molecule has 0 saturated heterocycles. The smallest absolute Gasteiger partial charge is 0.0542 e. The summed E-state index contributed by atoms with van der Waals surface area (Å²) in [5, 5.41) is 0.489. The lowest BCUT2D eigenvalue weighted by molar-refractivity contribution is 1.05. The molecule has 0 aromatic rings. The van der Waals surface area contributed by atoms with E-state index >= 15 is 0 Å². The summed E-state index contributed by atoms with van der Waals surface area (Å²) in [7, 11) is 0. The lowest BCUT2D eigenvalue weighted by Crippen LogP contribution is -2.10. The summed E-state index contributed by atoms with van der Waals surface area (Å²) < 4.78 is 1.25. The fourth-order valence-corrected chi connectivity index (χ4v) is 5.38. The Labute approximate surface area is 138 Å². The average molecular weight is 357 g/mol. The zero-order chi connectivity index (χ0) is 14.6. The zero-order valence-corrected chi connectivity index (χ0v) is 14.6. The van der Waals surface area contributed by atoms with Crippen LogP contribution in [0.1, 0.15) is 26.7 Å². The van der Waals surface area contributed by atoms with Gasteiger partial charge in [0.1, 0.15) is 0 Å². The van der Waals surface area contributed by atoms with Crippen LogP contribution in [-0.4, -0.2) is 5.25 Å². The maximum absolute atomic E-state index is 3.65. The molecule has 0 N–H and O–H groups in total. The first-order valence-electron chi connectivity index (χ1n) is 7.37. The van der Waals surface area contributed by atoms with Gasteiger partial charge in [-0.2, -0.15) is 0 Å². The van der Waals surface area contributed by atoms with Crippen molar-refractivity contribution in [2.24, 2.45) is 0 Å². The monoisotopic (exact) mass is 356 g/mol. The highest BCUT2D eigenvalue weighted by molar-refractivity contribution is 9.14. The molecule has 0 radical (unpaired) electrons. The highest BCUT2D eigenvalue weighted by Gasteiger charge is 2.32. The second-order valence-corrected chi connectivity index (χ2v) is 8.56. The second-order valence-electron chi connectivity index (χ2n) is 6.00. The number of hydrogen-bond donors (Lipinski definition) is 0. The predicted molar refractivity (Wildman–Crippen MR) is 96.4 cm³/mol. The van der Waals surface area contributed by atoms with E-state index in [-0.39, 0.29) is 0 Å². The second kappa shape index (κ2) is 5.03. The SMILES string of the molecule is CC1=C(CC2=CC=CC2)C2=CC3SC(Br)=CC3=C(C)C2=C1. The minimum absolute atomic E-state index is 0.489. The van der Waals surface area contributed by atoms with Gasteiger partial charge in [-0.25, -0.2) is 0 Å². The van der Waals surface area contributed by atoms with Crippen molar-refractivity contribution in [3.05, 3.63) is 79.3 Å². The fraction of sp³-hybridized carbons (Fsp3) is 0.263. The summed E-state index contributed by atoms with van der Waals surface area (Å²) in [5.41, 5.74) is 10.4. The maximum atomic E-state index is 3.65. The van der Waals surface area contributed by atoms with Gasteiger partial charge in [-0.15, -0.1) is 11.8 Å². The summed E-state index contributed by atoms with van der Waals surface area (Å²) in [4.78, 5) is 0. The minimum atomic E-state index is 0.489. The number of thioether (sulfide) groups is 1. The van der Waals surface area contributed by atoms with Crippen LogP contribution in [0.5, 0.6) is 0 Å². The quantitative estimate of drug-likeness (QED) is 0.573. The van der Waals surface area contributed by atoms with Gasteiger partial charge in [0.05, 0.1) is 9.06 Å². The Morgan fingerprint density at radius 2 is 2.10 bits per heavy atom. The fourth-order valence-electron chi connectivity index (χ4n) is 3.52. The number of allylic oxidation sites excluding steroid dienone is 11. The Morgan fingerprint density at radius 3 is 2.86 bits per heavy atom. The molecule has 21 heavy (non-hydrogen) atoms. The molecule has 0 spiro atoms. The Kier molecular flexibility index (Phi) is 3.27. The van der Waals surface area contributed by atoms with Gasteiger partial charge in [-0.05, 0) is 82.1 Å². The zero-order valence-electron chi connectivity index (χ0n) is 12.2.